The van der Waals surface area contributed by atoms with Crippen LogP contribution in [0.2, 0.25) is 0 Å². The van der Waals surface area contributed by atoms with Gasteiger partial charge in [-0.25, -0.2) is 0 Å². The maximum absolute atomic E-state index is 12.2. The zero-order chi connectivity index (χ0) is 16.1. The molecule has 0 saturated heterocycles. The Morgan fingerprint density at radius 2 is 2.00 bits per heavy atom. The number of ether oxygens (including phenoxy) is 1. The monoisotopic (exact) mass is 309 g/mol. The molecule has 0 atom stereocenters. The number of anilines is 1. The number of pyridine rings is 1. The Morgan fingerprint density at radius 3 is 2.65 bits per heavy atom. The first kappa shape index (κ1) is 14.7. The van der Waals surface area contributed by atoms with E-state index in [2.05, 4.69) is 25.5 Å². The number of nitrogens with zero attached hydrogens (tertiary/aromatic N) is 3. The van der Waals surface area contributed by atoms with Gasteiger partial charge in [-0.3, -0.25) is 14.8 Å². The lowest BCUT2D eigenvalue weighted by Gasteiger charge is -2.06. The Kier molecular flexibility index (Phi) is 4.28. The lowest BCUT2D eigenvalue weighted by molar-refractivity contribution is 0.415. The van der Waals surface area contributed by atoms with E-state index >= 15 is 0 Å². The van der Waals surface area contributed by atoms with Gasteiger partial charge in [0.15, 0.2) is 5.69 Å². The second kappa shape index (κ2) is 6.69. The van der Waals surface area contributed by atoms with Crippen LogP contribution in [-0.2, 0) is 6.54 Å². The lowest BCUT2D eigenvalue weighted by atomic mass is 10.1. The quantitative estimate of drug-likeness (QED) is 0.747. The van der Waals surface area contributed by atoms with Gasteiger partial charge < -0.3 is 10.1 Å². The molecule has 2 heterocycles. The Balaban J connectivity index is 1.76. The normalized spacial score (nSPS) is 10.3. The fourth-order valence-corrected chi connectivity index (χ4v) is 2.04. The third kappa shape index (κ3) is 3.52. The summed E-state index contributed by atoms with van der Waals surface area (Å²) < 4.78 is 5.09. The molecule has 3 rings (SSSR count). The molecule has 0 spiro atoms. The van der Waals surface area contributed by atoms with E-state index in [9.17, 15) is 4.79 Å². The van der Waals surface area contributed by atoms with Crippen molar-refractivity contribution in [3.8, 4) is 17.0 Å². The molecule has 7 heteroatoms. The van der Waals surface area contributed by atoms with Crippen LogP contribution in [-0.4, -0.2) is 27.3 Å². The first-order valence-electron chi connectivity index (χ1n) is 7.00. The highest BCUT2D eigenvalue weighted by Crippen LogP contribution is 2.17. The maximum Gasteiger partial charge on any atom is 0.279 e. The molecule has 0 saturated carbocycles. The Labute approximate surface area is 132 Å². The van der Waals surface area contributed by atoms with E-state index in [1.807, 2.05) is 12.1 Å². The molecule has 116 valence electrons. The van der Waals surface area contributed by atoms with Crippen molar-refractivity contribution in [2.45, 2.75) is 6.54 Å². The average Bonchev–Trinajstić information content (AvgIpc) is 2.61. The Hall–Kier alpha value is -3.22. The summed E-state index contributed by atoms with van der Waals surface area (Å²) in [5, 5.41) is 11.0. The third-order valence-electron chi connectivity index (χ3n) is 3.24. The number of rotatable bonds is 5. The highest BCUT2D eigenvalue weighted by molar-refractivity contribution is 5.58. The zero-order valence-electron chi connectivity index (χ0n) is 12.5. The Bertz CT molecular complexity index is 831. The van der Waals surface area contributed by atoms with Gasteiger partial charge in [0.25, 0.3) is 5.56 Å². The van der Waals surface area contributed by atoms with Crippen LogP contribution < -0.4 is 15.6 Å². The SMILES string of the molecule is COc1ccc(-c2nnc(NCc3cccnc3)[nH]c2=O)cc1. The van der Waals surface area contributed by atoms with Crippen LogP contribution in [0.25, 0.3) is 11.3 Å². The summed E-state index contributed by atoms with van der Waals surface area (Å²) in [4.78, 5) is 18.9. The van der Waals surface area contributed by atoms with E-state index in [1.54, 1.807) is 43.8 Å². The Morgan fingerprint density at radius 1 is 1.17 bits per heavy atom. The molecule has 0 fully saturated rings. The van der Waals surface area contributed by atoms with Crippen molar-refractivity contribution in [3.05, 3.63) is 64.7 Å². The van der Waals surface area contributed by atoms with Crippen molar-refractivity contribution < 1.29 is 4.74 Å². The van der Waals surface area contributed by atoms with E-state index in [4.69, 9.17) is 4.74 Å². The molecule has 7 nitrogen and oxygen atoms in total. The number of nitrogens with one attached hydrogen (secondary N) is 2. The van der Waals surface area contributed by atoms with Gasteiger partial charge in [-0.15, -0.1) is 10.2 Å². The predicted molar refractivity (Wildman–Crippen MR) is 86.2 cm³/mol. The number of aromatic amines is 1. The maximum atomic E-state index is 12.2. The summed E-state index contributed by atoms with van der Waals surface area (Å²) >= 11 is 0. The van der Waals surface area contributed by atoms with Crippen LogP contribution in [0.4, 0.5) is 5.95 Å². The molecule has 2 N–H and O–H groups in total. The molecule has 0 bridgehead atoms. The minimum atomic E-state index is -0.307. The fraction of sp³-hybridized carbons (Fsp3) is 0.125. The molecule has 0 radical (unpaired) electrons. The minimum absolute atomic E-state index is 0.264. The highest BCUT2D eigenvalue weighted by atomic mass is 16.5. The number of benzene rings is 1. The molecule has 3 aromatic rings. The smallest absolute Gasteiger partial charge is 0.279 e. The van der Waals surface area contributed by atoms with Crippen LogP contribution >= 0.6 is 0 Å². The largest absolute Gasteiger partial charge is 0.497 e. The first-order chi connectivity index (χ1) is 11.3. The van der Waals surface area contributed by atoms with Gasteiger partial charge in [0.1, 0.15) is 5.75 Å². The van der Waals surface area contributed by atoms with Crippen molar-refractivity contribution in [1.29, 1.82) is 0 Å². The van der Waals surface area contributed by atoms with Gasteiger partial charge in [0.05, 0.1) is 7.11 Å². The van der Waals surface area contributed by atoms with E-state index in [-0.39, 0.29) is 11.3 Å². The molecule has 1 aromatic carbocycles. The second-order valence-corrected chi connectivity index (χ2v) is 4.79. The summed E-state index contributed by atoms with van der Waals surface area (Å²) in [7, 11) is 1.59. The number of methoxy groups -OCH3 is 1. The van der Waals surface area contributed by atoms with Crippen LogP contribution in [0.5, 0.6) is 5.75 Å². The second-order valence-electron chi connectivity index (χ2n) is 4.79. The molecule has 0 aliphatic carbocycles. The van der Waals surface area contributed by atoms with Crippen LogP contribution in [0.3, 0.4) is 0 Å². The fourth-order valence-electron chi connectivity index (χ4n) is 2.04. The minimum Gasteiger partial charge on any atom is -0.497 e. The first-order valence-corrected chi connectivity index (χ1v) is 7.00. The molecular formula is C16H15N5O2. The lowest BCUT2D eigenvalue weighted by Crippen LogP contribution is -2.16. The summed E-state index contributed by atoms with van der Waals surface area (Å²) in [6.07, 6.45) is 3.44. The van der Waals surface area contributed by atoms with E-state index in [0.717, 1.165) is 5.56 Å². The van der Waals surface area contributed by atoms with Crippen LogP contribution in [0.15, 0.2) is 53.6 Å². The molecule has 0 aliphatic rings. The number of hydrogen-bond donors (Lipinski definition) is 2. The van der Waals surface area contributed by atoms with Gasteiger partial charge in [-0.05, 0) is 35.9 Å². The predicted octanol–water partition coefficient (Wildman–Crippen LogP) is 1.85. The van der Waals surface area contributed by atoms with Crippen molar-refractivity contribution >= 4 is 5.95 Å². The standard InChI is InChI=1S/C16H15N5O2/c1-23-13-6-4-12(5-7-13)14-15(22)19-16(21-20-14)18-10-11-3-2-8-17-9-11/h2-9H,10H2,1H3,(H2,18,19,21,22). The van der Waals surface area contributed by atoms with E-state index in [0.29, 0.717) is 23.8 Å². The highest BCUT2D eigenvalue weighted by Gasteiger charge is 2.07. The van der Waals surface area contributed by atoms with Gasteiger partial charge in [0.2, 0.25) is 5.95 Å². The molecule has 2 aromatic heterocycles. The van der Waals surface area contributed by atoms with Crippen molar-refractivity contribution in [1.82, 2.24) is 20.2 Å². The molecule has 0 aliphatic heterocycles. The molecule has 0 unspecified atom stereocenters. The molecular weight excluding hydrogens is 294 g/mol. The van der Waals surface area contributed by atoms with Gasteiger partial charge in [-0.1, -0.05) is 6.07 Å². The topological polar surface area (TPSA) is 92.8 Å². The van der Waals surface area contributed by atoms with Crippen LogP contribution in [0.1, 0.15) is 5.56 Å². The summed E-state index contributed by atoms with van der Waals surface area (Å²) in [6, 6.07) is 10.8. The number of H-pyrrole nitrogens is 1. The van der Waals surface area contributed by atoms with Gasteiger partial charge in [0, 0.05) is 24.5 Å². The summed E-state index contributed by atoms with van der Waals surface area (Å²) in [5.74, 6) is 1.03. The third-order valence-corrected chi connectivity index (χ3v) is 3.24. The summed E-state index contributed by atoms with van der Waals surface area (Å²) in [6.45, 7) is 0.500. The average molecular weight is 309 g/mol. The van der Waals surface area contributed by atoms with Crippen molar-refractivity contribution in [3.63, 3.8) is 0 Å². The van der Waals surface area contributed by atoms with Crippen LogP contribution in [0, 0.1) is 0 Å². The zero-order valence-corrected chi connectivity index (χ0v) is 12.5. The molecule has 0 amide bonds. The van der Waals surface area contributed by atoms with Gasteiger partial charge >= 0.3 is 0 Å². The number of aromatic nitrogens is 4. The summed E-state index contributed by atoms with van der Waals surface area (Å²) in [5.41, 5.74) is 1.62. The van der Waals surface area contributed by atoms with Crippen molar-refractivity contribution in [2.75, 3.05) is 12.4 Å². The molecule has 23 heavy (non-hydrogen) atoms. The van der Waals surface area contributed by atoms with E-state index < -0.39 is 0 Å². The van der Waals surface area contributed by atoms with Gasteiger partial charge in [-0.2, -0.15) is 0 Å². The van der Waals surface area contributed by atoms with Crippen molar-refractivity contribution in [2.24, 2.45) is 0 Å². The van der Waals surface area contributed by atoms with E-state index in [1.165, 1.54) is 0 Å². The number of hydrogen-bond acceptors (Lipinski definition) is 6.